The Morgan fingerprint density at radius 3 is 2.63 bits per heavy atom. The van der Waals surface area contributed by atoms with Crippen LogP contribution in [0, 0.1) is 0 Å². The zero-order chi connectivity index (χ0) is 13.8. The molecule has 0 radical (unpaired) electrons. The highest BCUT2D eigenvalue weighted by Crippen LogP contribution is 2.18. The van der Waals surface area contributed by atoms with E-state index in [-0.39, 0.29) is 5.91 Å². The lowest BCUT2D eigenvalue weighted by molar-refractivity contribution is 0.0767. The van der Waals surface area contributed by atoms with Crippen LogP contribution in [0.25, 0.3) is 0 Å². The number of aromatic nitrogens is 1. The molecule has 0 aliphatic carbocycles. The normalized spacial score (nSPS) is 14.9. The van der Waals surface area contributed by atoms with Gasteiger partial charge in [-0.15, -0.1) is 0 Å². The van der Waals surface area contributed by atoms with Crippen molar-refractivity contribution in [2.24, 2.45) is 0 Å². The fourth-order valence-corrected chi connectivity index (χ4v) is 2.19. The number of pyridine rings is 1. The van der Waals surface area contributed by atoms with Crippen LogP contribution >= 0.6 is 0 Å². The number of carbonyl (C=O) groups excluding carboxylic acids is 1. The highest BCUT2D eigenvalue weighted by molar-refractivity contribution is 5.93. The molecule has 0 saturated carbocycles. The second-order valence-corrected chi connectivity index (χ2v) is 4.80. The van der Waals surface area contributed by atoms with Gasteiger partial charge in [0.05, 0.1) is 6.04 Å². The second kappa shape index (κ2) is 6.02. The number of hydrogen-bond acceptors (Lipinski definition) is 4. The molecule has 2 rings (SSSR count). The molecule has 1 N–H and O–H groups in total. The van der Waals surface area contributed by atoms with Gasteiger partial charge in [-0.2, -0.15) is 0 Å². The molecule has 2 heterocycles. The third-order valence-corrected chi connectivity index (χ3v) is 3.73. The number of rotatable bonds is 5. The Morgan fingerprint density at radius 1 is 1.42 bits per heavy atom. The third-order valence-electron chi connectivity index (χ3n) is 3.73. The summed E-state index contributed by atoms with van der Waals surface area (Å²) < 4.78 is 0. The molecule has 1 fully saturated rings. The molecule has 0 bridgehead atoms. The van der Waals surface area contributed by atoms with Gasteiger partial charge < -0.3 is 15.1 Å². The molecule has 0 aromatic carbocycles. The maximum absolute atomic E-state index is 12.3. The molecular weight excluding hydrogens is 240 g/mol. The number of carbonyl (C=O) groups is 1. The summed E-state index contributed by atoms with van der Waals surface area (Å²) in [6.07, 6.45) is 1.72. The zero-order valence-electron chi connectivity index (χ0n) is 11.9. The van der Waals surface area contributed by atoms with Gasteiger partial charge in [0.25, 0.3) is 5.91 Å². The van der Waals surface area contributed by atoms with E-state index >= 15 is 0 Å². The Bertz CT molecular complexity index is 441. The Hall–Kier alpha value is -1.62. The predicted molar refractivity (Wildman–Crippen MR) is 76.5 cm³/mol. The van der Waals surface area contributed by atoms with Gasteiger partial charge in [-0.05, 0) is 26.0 Å². The Labute approximate surface area is 114 Å². The van der Waals surface area contributed by atoms with E-state index in [0.717, 1.165) is 18.8 Å². The molecule has 1 aromatic rings. The highest BCUT2D eigenvalue weighted by Gasteiger charge is 2.23. The van der Waals surface area contributed by atoms with Gasteiger partial charge in [-0.3, -0.25) is 9.78 Å². The van der Waals surface area contributed by atoms with Crippen molar-refractivity contribution < 1.29 is 4.79 Å². The molecule has 5 heteroatoms. The zero-order valence-corrected chi connectivity index (χ0v) is 11.9. The number of nitrogens with one attached hydrogen (secondary N) is 1. The third kappa shape index (κ3) is 2.87. The van der Waals surface area contributed by atoms with Crippen molar-refractivity contribution in [3.8, 4) is 0 Å². The largest absolute Gasteiger partial charge is 0.369 e. The molecule has 1 aromatic heterocycles. The maximum atomic E-state index is 12.3. The summed E-state index contributed by atoms with van der Waals surface area (Å²) in [5.41, 5.74) is 1.58. The van der Waals surface area contributed by atoms with Crippen molar-refractivity contribution in [2.75, 3.05) is 38.1 Å². The van der Waals surface area contributed by atoms with Crippen LogP contribution in [0.2, 0.25) is 0 Å². The number of hydrogen-bond donors (Lipinski definition) is 1. The van der Waals surface area contributed by atoms with E-state index in [1.54, 1.807) is 11.1 Å². The quantitative estimate of drug-likeness (QED) is 0.859. The van der Waals surface area contributed by atoms with Crippen LogP contribution in [0.3, 0.4) is 0 Å². The first-order valence-corrected chi connectivity index (χ1v) is 6.86. The van der Waals surface area contributed by atoms with Crippen molar-refractivity contribution in [1.82, 2.24) is 15.2 Å². The topological polar surface area (TPSA) is 48.5 Å². The molecule has 0 unspecified atom stereocenters. The summed E-state index contributed by atoms with van der Waals surface area (Å²) in [6.45, 7) is 7.39. The monoisotopic (exact) mass is 262 g/mol. The van der Waals surface area contributed by atoms with E-state index < -0.39 is 0 Å². The summed E-state index contributed by atoms with van der Waals surface area (Å²) in [5.74, 6) is 0.00647. The van der Waals surface area contributed by atoms with Gasteiger partial charge in [0.2, 0.25) is 0 Å². The number of likely N-dealkylation sites (N-methyl/N-ethyl adjacent to an activating group) is 1. The van der Waals surface area contributed by atoms with Crippen molar-refractivity contribution >= 4 is 11.6 Å². The first-order valence-electron chi connectivity index (χ1n) is 6.86. The predicted octanol–water partition coefficient (Wildman–Crippen LogP) is 0.972. The minimum atomic E-state index is 0.00647. The number of amides is 1. The van der Waals surface area contributed by atoms with Crippen molar-refractivity contribution in [3.63, 3.8) is 0 Å². The van der Waals surface area contributed by atoms with Crippen LogP contribution in [0.1, 0.15) is 24.3 Å². The molecule has 19 heavy (non-hydrogen) atoms. The van der Waals surface area contributed by atoms with Crippen molar-refractivity contribution in [1.29, 1.82) is 0 Å². The van der Waals surface area contributed by atoms with E-state index in [9.17, 15) is 4.79 Å². The van der Waals surface area contributed by atoms with E-state index in [4.69, 9.17) is 0 Å². The van der Waals surface area contributed by atoms with Crippen molar-refractivity contribution in [2.45, 2.75) is 19.9 Å². The molecule has 104 valence electrons. The minimum Gasteiger partial charge on any atom is -0.369 e. The Kier molecular flexibility index (Phi) is 4.37. The lowest BCUT2D eigenvalue weighted by Gasteiger charge is -2.37. The maximum Gasteiger partial charge on any atom is 0.272 e. The van der Waals surface area contributed by atoms with Crippen LogP contribution < -0.4 is 10.2 Å². The van der Waals surface area contributed by atoms with Crippen LogP contribution in [-0.2, 0) is 0 Å². The smallest absolute Gasteiger partial charge is 0.272 e. The lowest BCUT2D eigenvalue weighted by Crippen LogP contribution is -2.56. The van der Waals surface area contributed by atoms with Gasteiger partial charge in [0.1, 0.15) is 5.69 Å². The Morgan fingerprint density at radius 2 is 2.11 bits per heavy atom. The molecule has 1 amide bonds. The van der Waals surface area contributed by atoms with Crippen LogP contribution in [-0.4, -0.2) is 55.1 Å². The van der Waals surface area contributed by atoms with Gasteiger partial charge in [0.15, 0.2) is 0 Å². The van der Waals surface area contributed by atoms with E-state index in [1.165, 1.54) is 0 Å². The van der Waals surface area contributed by atoms with Crippen LogP contribution in [0.5, 0.6) is 0 Å². The lowest BCUT2D eigenvalue weighted by atomic mass is 10.1. The average molecular weight is 262 g/mol. The van der Waals surface area contributed by atoms with Gasteiger partial charge in [-0.1, -0.05) is 0 Å². The van der Waals surface area contributed by atoms with E-state index in [0.29, 0.717) is 24.8 Å². The summed E-state index contributed by atoms with van der Waals surface area (Å²) >= 11 is 0. The molecule has 5 nitrogen and oxygen atoms in total. The van der Waals surface area contributed by atoms with Crippen LogP contribution in [0.4, 0.5) is 5.69 Å². The standard InChI is InChI=1S/C14H22N4O/c1-4-18(5-2)14(19)13-8-11(6-7-16-13)17(3)12-9-15-10-12/h6-8,12,15H,4-5,9-10H2,1-3H3. The van der Waals surface area contributed by atoms with Crippen LogP contribution in [0.15, 0.2) is 18.3 Å². The van der Waals surface area contributed by atoms with Gasteiger partial charge >= 0.3 is 0 Å². The van der Waals surface area contributed by atoms with Gasteiger partial charge in [0, 0.05) is 45.1 Å². The summed E-state index contributed by atoms with van der Waals surface area (Å²) in [5, 5.41) is 3.25. The molecule has 1 aliphatic heterocycles. The summed E-state index contributed by atoms with van der Waals surface area (Å²) in [6, 6.07) is 4.36. The summed E-state index contributed by atoms with van der Waals surface area (Å²) in [4.78, 5) is 20.5. The fraction of sp³-hybridized carbons (Fsp3) is 0.571. The average Bonchev–Trinajstić information content (AvgIpc) is 2.38. The first-order chi connectivity index (χ1) is 9.17. The summed E-state index contributed by atoms with van der Waals surface area (Å²) in [7, 11) is 2.06. The highest BCUT2D eigenvalue weighted by atomic mass is 16.2. The molecule has 1 aliphatic rings. The SMILES string of the molecule is CCN(CC)C(=O)c1cc(N(C)C2CNC2)ccn1. The Balaban J connectivity index is 2.16. The van der Waals surface area contributed by atoms with Gasteiger partial charge in [-0.25, -0.2) is 0 Å². The molecule has 1 saturated heterocycles. The number of anilines is 1. The molecular formula is C14H22N4O. The second-order valence-electron chi connectivity index (χ2n) is 4.80. The number of nitrogens with zero attached hydrogens (tertiary/aromatic N) is 3. The molecule has 0 atom stereocenters. The first kappa shape index (κ1) is 13.8. The van der Waals surface area contributed by atoms with Crippen molar-refractivity contribution in [3.05, 3.63) is 24.0 Å². The van der Waals surface area contributed by atoms with E-state index in [2.05, 4.69) is 22.2 Å². The van der Waals surface area contributed by atoms with E-state index in [1.807, 2.05) is 26.0 Å². The minimum absolute atomic E-state index is 0.00647. The molecule has 0 spiro atoms. The fourth-order valence-electron chi connectivity index (χ4n) is 2.19.